The van der Waals surface area contributed by atoms with Crippen LogP contribution >= 0.6 is 7.82 Å². The first-order chi connectivity index (χ1) is 28.5. The van der Waals surface area contributed by atoms with Gasteiger partial charge in [-0.3, -0.25) is 13.8 Å². The highest BCUT2D eigenvalue weighted by Gasteiger charge is 2.28. The number of unbranched alkanes of at least 4 members (excludes halogenated alkanes) is 35. The lowest BCUT2D eigenvalue weighted by Crippen LogP contribution is -2.46. The van der Waals surface area contributed by atoms with Crippen molar-refractivity contribution in [2.75, 3.05) is 40.9 Å². The van der Waals surface area contributed by atoms with Gasteiger partial charge in [0, 0.05) is 6.42 Å². The molecule has 8 nitrogen and oxygen atoms in total. The molecule has 0 saturated heterocycles. The molecule has 0 radical (unpaired) electrons. The van der Waals surface area contributed by atoms with Gasteiger partial charge in [0.15, 0.2) is 0 Å². The number of rotatable bonds is 48. The molecule has 0 saturated carbocycles. The minimum Gasteiger partial charge on any atom is -0.391 e. The maximum atomic E-state index is 12.8. The van der Waals surface area contributed by atoms with Gasteiger partial charge >= 0.3 is 7.82 Å². The molecule has 0 heterocycles. The Hall–Kier alpha value is -0.500. The van der Waals surface area contributed by atoms with Crippen molar-refractivity contribution < 1.29 is 32.9 Å². The largest absolute Gasteiger partial charge is 0.472 e. The molecule has 3 unspecified atom stereocenters. The van der Waals surface area contributed by atoms with E-state index >= 15 is 0 Å². The lowest BCUT2D eigenvalue weighted by Gasteiger charge is -2.26. The molecule has 0 aromatic carbocycles. The molecule has 3 atom stereocenters. The lowest BCUT2D eigenvalue weighted by atomic mass is 10.0. The Morgan fingerprint density at radius 3 is 1.14 bits per heavy atom. The van der Waals surface area contributed by atoms with Crippen molar-refractivity contribution in [1.29, 1.82) is 0 Å². The predicted molar refractivity (Wildman–Crippen MR) is 254 cm³/mol. The van der Waals surface area contributed by atoms with E-state index in [0.717, 1.165) is 38.5 Å². The molecule has 9 heteroatoms. The van der Waals surface area contributed by atoms with E-state index in [1.54, 1.807) is 0 Å². The van der Waals surface area contributed by atoms with Crippen LogP contribution in [0.5, 0.6) is 0 Å². The normalized spacial score (nSPS) is 14.1. The summed E-state index contributed by atoms with van der Waals surface area (Å²) in [6, 6.07) is -0.751. The number of likely N-dealkylation sites (N-methyl/N-ethyl adjacent to an activating group) is 1. The molecule has 0 aliphatic carbocycles. The highest BCUT2D eigenvalue weighted by atomic mass is 31.2. The Bertz CT molecular complexity index is 932. The third-order valence-corrected chi connectivity index (χ3v) is 13.1. The first kappa shape index (κ1) is 58.5. The van der Waals surface area contributed by atoms with Gasteiger partial charge in [-0.1, -0.05) is 245 Å². The summed E-state index contributed by atoms with van der Waals surface area (Å²) >= 11 is 0. The van der Waals surface area contributed by atoms with E-state index in [0.29, 0.717) is 23.9 Å². The van der Waals surface area contributed by atoms with Crippen LogP contribution in [-0.2, 0) is 18.4 Å². The van der Waals surface area contributed by atoms with Gasteiger partial charge in [0.05, 0.1) is 39.9 Å². The summed E-state index contributed by atoms with van der Waals surface area (Å²) in [5.41, 5.74) is 0. The van der Waals surface area contributed by atoms with Crippen molar-refractivity contribution in [2.24, 2.45) is 0 Å². The quantitative estimate of drug-likeness (QED) is 0.0320. The number of hydrogen-bond acceptors (Lipinski definition) is 5. The molecular formula is C50H104N2O6P+. The van der Waals surface area contributed by atoms with Gasteiger partial charge in [-0.25, -0.2) is 4.57 Å². The molecule has 3 N–H and O–H groups in total. The number of carbonyl (C=O) groups is 1. The fourth-order valence-electron chi connectivity index (χ4n) is 7.99. The number of phosphoric ester groups is 1. The van der Waals surface area contributed by atoms with E-state index in [1.165, 1.54) is 199 Å². The predicted octanol–water partition coefficient (Wildman–Crippen LogP) is 14.9. The summed E-state index contributed by atoms with van der Waals surface area (Å²) in [4.78, 5) is 23.0. The van der Waals surface area contributed by atoms with Crippen molar-refractivity contribution in [2.45, 2.75) is 276 Å². The van der Waals surface area contributed by atoms with Crippen LogP contribution < -0.4 is 5.32 Å². The Kier molecular flexibility index (Phi) is 42.4. The summed E-state index contributed by atoms with van der Waals surface area (Å²) in [6.45, 7) is 4.85. The maximum Gasteiger partial charge on any atom is 0.472 e. The monoisotopic (exact) mass is 860 g/mol. The van der Waals surface area contributed by atoms with Gasteiger partial charge in [-0.05, 0) is 12.8 Å². The fourth-order valence-corrected chi connectivity index (χ4v) is 8.73. The maximum absolute atomic E-state index is 12.8. The number of amides is 1. The molecule has 354 valence electrons. The third-order valence-electron chi connectivity index (χ3n) is 12.1. The van der Waals surface area contributed by atoms with Crippen molar-refractivity contribution in [3.63, 3.8) is 0 Å². The van der Waals surface area contributed by atoms with Gasteiger partial charge < -0.3 is 19.8 Å². The highest BCUT2D eigenvalue weighted by Crippen LogP contribution is 2.43. The Balaban J connectivity index is 3.79. The molecule has 0 fully saturated rings. The van der Waals surface area contributed by atoms with Gasteiger partial charge in [-0.15, -0.1) is 0 Å². The van der Waals surface area contributed by atoms with Gasteiger partial charge in [0.1, 0.15) is 13.2 Å². The van der Waals surface area contributed by atoms with Crippen LogP contribution in [0.25, 0.3) is 0 Å². The van der Waals surface area contributed by atoms with Crippen LogP contribution in [0.1, 0.15) is 264 Å². The molecule has 0 aromatic rings. The average Bonchev–Trinajstić information content (AvgIpc) is 3.19. The first-order valence-corrected chi connectivity index (χ1v) is 27.4. The smallest absolute Gasteiger partial charge is 0.391 e. The van der Waals surface area contributed by atoms with Crippen LogP contribution in [0.2, 0.25) is 0 Å². The van der Waals surface area contributed by atoms with Gasteiger partial charge in [0.25, 0.3) is 0 Å². The minimum absolute atomic E-state index is 0.0777. The number of hydrogen-bond donors (Lipinski definition) is 3. The molecule has 59 heavy (non-hydrogen) atoms. The zero-order valence-corrected chi connectivity index (χ0v) is 41.2. The summed E-state index contributed by atoms with van der Waals surface area (Å²) in [6.07, 6.45) is 49.2. The number of carbonyl (C=O) groups excluding carboxylic acids is 1. The standard InChI is InChI=1S/C50H103N2O6P/c1-6-8-10-12-14-15-16-17-18-19-20-21-22-23-24-25-26-27-28-29-30-31-32-33-34-35-36-37-38-40-42-44-50(54)51-48(49(53)43-41-39-13-11-9-7-2)47-58-59(55,56)57-46-45-52(3,4)5/h48-49,53H,6-47H2,1-5H3,(H-,51,54,55,56)/p+1. The zero-order chi connectivity index (χ0) is 43.6. The Morgan fingerprint density at radius 1 is 0.508 bits per heavy atom. The van der Waals surface area contributed by atoms with Crippen LogP contribution in [0.15, 0.2) is 0 Å². The number of quaternary nitrogens is 1. The molecule has 0 bridgehead atoms. The molecule has 1 amide bonds. The van der Waals surface area contributed by atoms with Crippen LogP contribution in [0.3, 0.4) is 0 Å². The Morgan fingerprint density at radius 2 is 0.814 bits per heavy atom. The number of nitrogens with one attached hydrogen (secondary N) is 1. The van der Waals surface area contributed by atoms with Crippen molar-refractivity contribution in [3.05, 3.63) is 0 Å². The summed E-state index contributed by atoms with van der Waals surface area (Å²) in [5.74, 6) is -0.144. The van der Waals surface area contributed by atoms with E-state index in [4.69, 9.17) is 9.05 Å². The summed E-state index contributed by atoms with van der Waals surface area (Å²) in [5, 5.41) is 13.8. The van der Waals surface area contributed by atoms with E-state index in [2.05, 4.69) is 19.2 Å². The van der Waals surface area contributed by atoms with Crippen molar-refractivity contribution in [3.8, 4) is 0 Å². The summed E-state index contributed by atoms with van der Waals surface area (Å²) in [7, 11) is 1.63. The zero-order valence-electron chi connectivity index (χ0n) is 40.3. The minimum atomic E-state index is -4.30. The topological polar surface area (TPSA) is 105 Å². The second-order valence-electron chi connectivity index (χ2n) is 19.3. The van der Waals surface area contributed by atoms with Gasteiger partial charge in [-0.2, -0.15) is 0 Å². The van der Waals surface area contributed by atoms with E-state index in [-0.39, 0.29) is 19.1 Å². The second-order valence-corrected chi connectivity index (χ2v) is 20.7. The molecule has 0 rings (SSSR count). The molecular weight excluding hydrogens is 756 g/mol. The SMILES string of the molecule is CCCCCCCCCCCCCCCCCCCCCCCCCCCCCCCCCC(=O)NC(COP(=O)(O)OCC[N+](C)(C)C)C(O)CCCCCCCC. The van der Waals surface area contributed by atoms with Crippen molar-refractivity contribution >= 4 is 13.7 Å². The molecule has 0 spiro atoms. The number of aliphatic hydroxyl groups excluding tert-OH is 1. The van der Waals surface area contributed by atoms with E-state index < -0.39 is 20.0 Å². The number of nitrogens with zero attached hydrogens (tertiary/aromatic N) is 1. The lowest BCUT2D eigenvalue weighted by molar-refractivity contribution is -0.870. The van der Waals surface area contributed by atoms with Gasteiger partial charge in [0.2, 0.25) is 5.91 Å². The number of phosphoric acid groups is 1. The summed E-state index contributed by atoms with van der Waals surface area (Å²) < 4.78 is 23.5. The highest BCUT2D eigenvalue weighted by molar-refractivity contribution is 7.47. The van der Waals surface area contributed by atoms with Crippen LogP contribution in [-0.4, -0.2) is 73.4 Å². The van der Waals surface area contributed by atoms with Crippen molar-refractivity contribution in [1.82, 2.24) is 5.32 Å². The van der Waals surface area contributed by atoms with E-state index in [1.807, 2.05) is 21.1 Å². The Labute approximate surface area is 368 Å². The second kappa shape index (κ2) is 42.8. The number of aliphatic hydroxyl groups is 1. The van der Waals surface area contributed by atoms with Crippen LogP contribution in [0.4, 0.5) is 0 Å². The molecule has 0 aliphatic rings. The molecule has 0 aromatic heterocycles. The average molecular weight is 860 g/mol. The fraction of sp³-hybridized carbons (Fsp3) is 0.980. The third kappa shape index (κ3) is 45.3. The van der Waals surface area contributed by atoms with E-state index in [9.17, 15) is 19.4 Å². The molecule has 0 aliphatic heterocycles. The first-order valence-electron chi connectivity index (χ1n) is 25.9. The van der Waals surface area contributed by atoms with Crippen LogP contribution in [0, 0.1) is 0 Å².